The Morgan fingerprint density at radius 1 is 1.50 bits per heavy atom. The molecule has 0 unspecified atom stereocenters. The van der Waals surface area contributed by atoms with E-state index in [1.165, 1.54) is 0 Å². The van der Waals surface area contributed by atoms with E-state index in [1.54, 1.807) is 6.20 Å². The van der Waals surface area contributed by atoms with Gasteiger partial charge in [-0.25, -0.2) is 0 Å². The van der Waals surface area contributed by atoms with Crippen molar-refractivity contribution in [3.8, 4) is 5.75 Å². The second kappa shape index (κ2) is 5.60. The Morgan fingerprint density at radius 2 is 2.29 bits per heavy atom. The van der Waals surface area contributed by atoms with Crippen LogP contribution in [0.15, 0.2) is 18.5 Å². The molecule has 2 N–H and O–H groups in total. The Kier molecular flexibility index (Phi) is 4.40. The van der Waals surface area contributed by atoms with Crippen LogP contribution < -0.4 is 10.5 Å². The van der Waals surface area contributed by atoms with Crippen LogP contribution in [0.3, 0.4) is 0 Å². The van der Waals surface area contributed by atoms with Crippen LogP contribution in [0.2, 0.25) is 0 Å². The van der Waals surface area contributed by atoms with Gasteiger partial charge in [0, 0.05) is 18.0 Å². The first kappa shape index (κ1) is 11.0. The minimum Gasteiger partial charge on any atom is -0.493 e. The number of nitrogens with two attached hydrogens (primary N) is 1. The molecule has 1 aromatic rings. The molecule has 0 aliphatic rings. The van der Waals surface area contributed by atoms with Gasteiger partial charge in [0.1, 0.15) is 5.75 Å². The first-order valence-corrected chi connectivity index (χ1v) is 4.99. The number of ether oxygens (including phenoxy) is 1. The fraction of sp³-hybridized carbons (Fsp3) is 0.545. The third kappa shape index (κ3) is 3.34. The standard InChI is InChI=1S/C11H18N2O/c1-9(2)8-14-11-4-6-13-7-10(11)3-5-12/h4,6-7,9H,3,5,8,12H2,1-2H3. The zero-order chi connectivity index (χ0) is 10.4. The molecular weight excluding hydrogens is 176 g/mol. The maximum absolute atomic E-state index is 5.66. The highest BCUT2D eigenvalue weighted by atomic mass is 16.5. The Hall–Kier alpha value is -1.09. The van der Waals surface area contributed by atoms with E-state index in [9.17, 15) is 0 Å². The van der Waals surface area contributed by atoms with E-state index in [0.29, 0.717) is 12.5 Å². The second-order valence-electron chi connectivity index (χ2n) is 3.73. The number of hydrogen-bond donors (Lipinski definition) is 1. The summed E-state index contributed by atoms with van der Waals surface area (Å²) >= 11 is 0. The lowest BCUT2D eigenvalue weighted by Crippen LogP contribution is -2.09. The van der Waals surface area contributed by atoms with Crippen molar-refractivity contribution in [2.24, 2.45) is 11.7 Å². The number of rotatable bonds is 5. The molecule has 1 rings (SSSR count). The topological polar surface area (TPSA) is 48.1 Å². The van der Waals surface area contributed by atoms with Gasteiger partial charge in [-0.15, -0.1) is 0 Å². The molecule has 3 heteroatoms. The average Bonchev–Trinajstić information content (AvgIpc) is 2.17. The third-order valence-electron chi connectivity index (χ3n) is 1.84. The molecule has 78 valence electrons. The molecule has 1 heterocycles. The Balaban J connectivity index is 2.64. The first-order chi connectivity index (χ1) is 6.74. The molecule has 0 bridgehead atoms. The van der Waals surface area contributed by atoms with Crippen molar-refractivity contribution in [3.63, 3.8) is 0 Å². The van der Waals surface area contributed by atoms with E-state index in [0.717, 1.165) is 24.3 Å². The minimum absolute atomic E-state index is 0.536. The predicted molar refractivity (Wildman–Crippen MR) is 57.3 cm³/mol. The monoisotopic (exact) mass is 194 g/mol. The number of aromatic nitrogens is 1. The first-order valence-electron chi connectivity index (χ1n) is 4.99. The summed E-state index contributed by atoms with van der Waals surface area (Å²) < 4.78 is 5.66. The summed E-state index contributed by atoms with van der Waals surface area (Å²) in [5.41, 5.74) is 6.60. The van der Waals surface area contributed by atoms with Gasteiger partial charge in [0.15, 0.2) is 0 Å². The quantitative estimate of drug-likeness (QED) is 0.774. The van der Waals surface area contributed by atoms with Gasteiger partial charge in [0.25, 0.3) is 0 Å². The van der Waals surface area contributed by atoms with Gasteiger partial charge >= 0.3 is 0 Å². The fourth-order valence-corrected chi connectivity index (χ4v) is 1.15. The smallest absolute Gasteiger partial charge is 0.125 e. The summed E-state index contributed by atoms with van der Waals surface area (Å²) in [6, 6.07) is 1.90. The van der Waals surface area contributed by atoms with E-state index in [2.05, 4.69) is 18.8 Å². The third-order valence-corrected chi connectivity index (χ3v) is 1.84. The van der Waals surface area contributed by atoms with Crippen molar-refractivity contribution < 1.29 is 4.74 Å². The molecule has 0 aliphatic heterocycles. The van der Waals surface area contributed by atoms with Crippen LogP contribution in [0.25, 0.3) is 0 Å². The Morgan fingerprint density at radius 3 is 2.93 bits per heavy atom. The normalized spacial score (nSPS) is 10.6. The molecular formula is C11H18N2O. The lowest BCUT2D eigenvalue weighted by molar-refractivity contribution is 0.268. The minimum atomic E-state index is 0.536. The summed E-state index contributed by atoms with van der Waals surface area (Å²) in [7, 11) is 0. The van der Waals surface area contributed by atoms with Crippen LogP contribution in [0.4, 0.5) is 0 Å². The van der Waals surface area contributed by atoms with E-state index in [4.69, 9.17) is 10.5 Å². The molecule has 0 fully saturated rings. The number of nitrogens with zero attached hydrogens (tertiary/aromatic N) is 1. The van der Waals surface area contributed by atoms with Gasteiger partial charge in [0.2, 0.25) is 0 Å². The van der Waals surface area contributed by atoms with Crippen molar-refractivity contribution in [1.29, 1.82) is 0 Å². The van der Waals surface area contributed by atoms with Crippen LogP contribution in [-0.2, 0) is 6.42 Å². The fourth-order valence-electron chi connectivity index (χ4n) is 1.15. The van der Waals surface area contributed by atoms with E-state index in [1.807, 2.05) is 12.3 Å². The Bertz CT molecular complexity index is 274. The van der Waals surface area contributed by atoms with Crippen LogP contribution in [-0.4, -0.2) is 18.1 Å². The van der Waals surface area contributed by atoms with Crippen LogP contribution in [0, 0.1) is 5.92 Å². The molecule has 0 saturated carbocycles. The van der Waals surface area contributed by atoms with Crippen LogP contribution >= 0.6 is 0 Å². The largest absolute Gasteiger partial charge is 0.493 e. The highest BCUT2D eigenvalue weighted by molar-refractivity contribution is 5.30. The van der Waals surface area contributed by atoms with Gasteiger partial charge in [-0.2, -0.15) is 0 Å². The van der Waals surface area contributed by atoms with Gasteiger partial charge < -0.3 is 10.5 Å². The van der Waals surface area contributed by atoms with Gasteiger partial charge in [0.05, 0.1) is 6.61 Å². The lowest BCUT2D eigenvalue weighted by Gasteiger charge is -2.11. The van der Waals surface area contributed by atoms with E-state index in [-0.39, 0.29) is 0 Å². The zero-order valence-corrected chi connectivity index (χ0v) is 8.86. The SMILES string of the molecule is CC(C)COc1ccncc1CCN. The van der Waals surface area contributed by atoms with Gasteiger partial charge in [-0.3, -0.25) is 4.98 Å². The van der Waals surface area contributed by atoms with E-state index >= 15 is 0 Å². The summed E-state index contributed by atoms with van der Waals surface area (Å²) in [4.78, 5) is 4.06. The van der Waals surface area contributed by atoms with E-state index < -0.39 is 0 Å². The lowest BCUT2D eigenvalue weighted by atomic mass is 10.2. The summed E-state index contributed by atoms with van der Waals surface area (Å²) in [6.07, 6.45) is 4.39. The molecule has 0 saturated heterocycles. The molecule has 0 atom stereocenters. The van der Waals surface area contributed by atoms with Crippen molar-refractivity contribution in [1.82, 2.24) is 4.98 Å². The average molecular weight is 194 g/mol. The molecule has 14 heavy (non-hydrogen) atoms. The van der Waals surface area contributed by atoms with Crippen LogP contribution in [0.5, 0.6) is 5.75 Å². The van der Waals surface area contributed by atoms with Crippen molar-refractivity contribution in [2.75, 3.05) is 13.2 Å². The van der Waals surface area contributed by atoms with Crippen molar-refractivity contribution in [3.05, 3.63) is 24.0 Å². The molecule has 0 aliphatic carbocycles. The summed E-state index contributed by atoms with van der Waals surface area (Å²) in [6.45, 7) is 5.62. The van der Waals surface area contributed by atoms with Crippen molar-refractivity contribution in [2.45, 2.75) is 20.3 Å². The molecule has 3 nitrogen and oxygen atoms in total. The highest BCUT2D eigenvalue weighted by Crippen LogP contribution is 2.17. The van der Waals surface area contributed by atoms with Gasteiger partial charge in [-0.1, -0.05) is 13.8 Å². The molecule has 0 amide bonds. The van der Waals surface area contributed by atoms with Gasteiger partial charge in [-0.05, 0) is 24.9 Å². The number of pyridine rings is 1. The predicted octanol–water partition coefficient (Wildman–Crippen LogP) is 1.62. The highest BCUT2D eigenvalue weighted by Gasteiger charge is 2.03. The zero-order valence-electron chi connectivity index (χ0n) is 8.86. The summed E-state index contributed by atoms with van der Waals surface area (Å²) in [5.74, 6) is 1.45. The molecule has 0 spiro atoms. The second-order valence-corrected chi connectivity index (χ2v) is 3.73. The number of hydrogen-bond acceptors (Lipinski definition) is 3. The molecule has 0 radical (unpaired) electrons. The maximum atomic E-state index is 5.66. The molecule has 1 aromatic heterocycles. The summed E-state index contributed by atoms with van der Waals surface area (Å²) in [5, 5.41) is 0. The Labute approximate surface area is 85.3 Å². The molecule has 0 aromatic carbocycles. The maximum Gasteiger partial charge on any atom is 0.125 e. The van der Waals surface area contributed by atoms with Crippen LogP contribution in [0.1, 0.15) is 19.4 Å². The van der Waals surface area contributed by atoms with Crippen molar-refractivity contribution >= 4 is 0 Å².